The van der Waals surface area contributed by atoms with Gasteiger partial charge in [-0.15, -0.1) is 0 Å². The average molecular weight is 323 g/mol. The molecule has 3 N–H and O–H groups in total. The number of benzene rings is 1. The van der Waals surface area contributed by atoms with Gasteiger partial charge in [-0.3, -0.25) is 4.79 Å². The third-order valence-electron chi connectivity index (χ3n) is 1.92. The van der Waals surface area contributed by atoms with E-state index in [0.717, 1.165) is 0 Å². The highest BCUT2D eigenvalue weighted by molar-refractivity contribution is 9.10. The lowest BCUT2D eigenvalue weighted by Gasteiger charge is -2.08. The smallest absolute Gasteiger partial charge is 0.334 e. The van der Waals surface area contributed by atoms with E-state index in [4.69, 9.17) is 21.8 Å². The van der Waals surface area contributed by atoms with Crippen LogP contribution in [0.15, 0.2) is 22.7 Å². The Balaban J connectivity index is 2.64. The van der Waals surface area contributed by atoms with Crippen molar-refractivity contribution in [3.05, 3.63) is 33.3 Å². The van der Waals surface area contributed by atoms with Crippen LogP contribution in [0, 0.1) is 0 Å². The van der Waals surface area contributed by atoms with Gasteiger partial charge in [-0.05, 0) is 34.1 Å². The highest BCUT2D eigenvalue weighted by Gasteiger charge is 2.15. The number of carboxylic acids is 1. The molecule has 0 saturated heterocycles. The fraction of sp³-hybridized carbons (Fsp3) is 0.200. The van der Waals surface area contributed by atoms with Crippen LogP contribution in [0.4, 0.5) is 0 Å². The first-order valence-electron chi connectivity index (χ1n) is 4.56. The van der Waals surface area contributed by atoms with E-state index < -0.39 is 18.0 Å². The summed E-state index contributed by atoms with van der Waals surface area (Å²) in [4.78, 5) is 21.9. The van der Waals surface area contributed by atoms with E-state index in [-0.39, 0.29) is 12.1 Å². The predicted octanol–water partition coefficient (Wildman–Crippen LogP) is 1.28. The standard InChI is InChI=1S/C10H9BrClNO4/c11-6-2-1-5(3-7(6)12)9(15)13-4-8(14)10(16)17/h1-3,8,14H,4H2,(H,13,15)(H,16,17). The predicted molar refractivity (Wildman–Crippen MR) is 65.1 cm³/mol. The van der Waals surface area contributed by atoms with E-state index >= 15 is 0 Å². The van der Waals surface area contributed by atoms with E-state index in [1.165, 1.54) is 12.1 Å². The second kappa shape index (κ2) is 6.00. The van der Waals surface area contributed by atoms with Crippen LogP contribution in [-0.4, -0.2) is 34.7 Å². The van der Waals surface area contributed by atoms with Crippen molar-refractivity contribution in [1.29, 1.82) is 0 Å². The number of carbonyl (C=O) groups is 2. The van der Waals surface area contributed by atoms with Crippen molar-refractivity contribution >= 4 is 39.4 Å². The van der Waals surface area contributed by atoms with E-state index in [1.54, 1.807) is 6.07 Å². The number of halogens is 2. The first-order valence-corrected chi connectivity index (χ1v) is 5.73. The molecule has 1 atom stereocenters. The Bertz CT molecular complexity index is 452. The van der Waals surface area contributed by atoms with Crippen LogP contribution in [0.5, 0.6) is 0 Å². The van der Waals surface area contributed by atoms with Gasteiger partial charge in [0.1, 0.15) is 0 Å². The Hall–Kier alpha value is -1.11. The second-order valence-electron chi connectivity index (χ2n) is 3.19. The van der Waals surface area contributed by atoms with Crippen LogP contribution in [0.3, 0.4) is 0 Å². The lowest BCUT2D eigenvalue weighted by molar-refractivity contribution is -0.146. The number of carbonyl (C=O) groups excluding carboxylic acids is 1. The quantitative estimate of drug-likeness (QED) is 0.779. The van der Waals surface area contributed by atoms with Crippen molar-refractivity contribution in [2.24, 2.45) is 0 Å². The summed E-state index contributed by atoms with van der Waals surface area (Å²) in [5, 5.41) is 20.0. The number of nitrogens with one attached hydrogen (secondary N) is 1. The van der Waals surface area contributed by atoms with Crippen molar-refractivity contribution in [2.75, 3.05) is 6.54 Å². The van der Waals surface area contributed by atoms with Gasteiger partial charge in [0.05, 0.1) is 11.6 Å². The normalized spacial score (nSPS) is 11.9. The minimum atomic E-state index is -1.62. The summed E-state index contributed by atoms with van der Waals surface area (Å²) >= 11 is 8.98. The van der Waals surface area contributed by atoms with E-state index in [0.29, 0.717) is 9.50 Å². The molecular formula is C10H9BrClNO4. The summed E-state index contributed by atoms with van der Waals surface area (Å²) < 4.78 is 0.654. The molecule has 0 heterocycles. The Morgan fingerprint density at radius 3 is 2.65 bits per heavy atom. The molecule has 1 unspecified atom stereocenters. The summed E-state index contributed by atoms with van der Waals surface area (Å²) in [5.74, 6) is -1.89. The van der Waals surface area contributed by atoms with Gasteiger partial charge >= 0.3 is 5.97 Å². The largest absolute Gasteiger partial charge is 0.479 e. The molecule has 0 fully saturated rings. The maximum Gasteiger partial charge on any atom is 0.334 e. The van der Waals surface area contributed by atoms with Gasteiger partial charge < -0.3 is 15.5 Å². The highest BCUT2D eigenvalue weighted by Crippen LogP contribution is 2.23. The van der Waals surface area contributed by atoms with Gasteiger partial charge in [-0.1, -0.05) is 11.6 Å². The molecule has 0 radical (unpaired) electrons. The van der Waals surface area contributed by atoms with E-state index in [2.05, 4.69) is 21.2 Å². The van der Waals surface area contributed by atoms with Gasteiger partial charge in [-0.2, -0.15) is 0 Å². The number of aliphatic hydroxyl groups is 1. The molecule has 1 amide bonds. The summed E-state index contributed by atoms with van der Waals surface area (Å²) in [6.45, 7) is -0.359. The zero-order valence-electron chi connectivity index (χ0n) is 8.48. The highest BCUT2D eigenvalue weighted by atomic mass is 79.9. The summed E-state index contributed by atoms with van der Waals surface area (Å²) in [6, 6.07) is 4.57. The van der Waals surface area contributed by atoms with Crippen LogP contribution in [0.1, 0.15) is 10.4 Å². The zero-order chi connectivity index (χ0) is 13.0. The van der Waals surface area contributed by atoms with Crippen molar-refractivity contribution in [2.45, 2.75) is 6.10 Å². The number of aliphatic carboxylic acids is 1. The molecule has 0 spiro atoms. The van der Waals surface area contributed by atoms with Crippen LogP contribution in [-0.2, 0) is 4.79 Å². The topological polar surface area (TPSA) is 86.6 Å². The number of carboxylic acid groups (broad SMARTS) is 1. The van der Waals surface area contributed by atoms with Crippen LogP contribution >= 0.6 is 27.5 Å². The Morgan fingerprint density at radius 1 is 1.47 bits per heavy atom. The van der Waals surface area contributed by atoms with Crippen LogP contribution < -0.4 is 5.32 Å². The molecule has 17 heavy (non-hydrogen) atoms. The molecule has 0 saturated carbocycles. The van der Waals surface area contributed by atoms with Gasteiger partial charge in [0.25, 0.3) is 5.91 Å². The molecule has 5 nitrogen and oxygen atoms in total. The molecule has 1 aromatic rings. The molecule has 1 rings (SSSR count). The molecule has 0 bridgehead atoms. The first-order chi connectivity index (χ1) is 7.91. The van der Waals surface area contributed by atoms with E-state index in [9.17, 15) is 9.59 Å². The summed E-state index contributed by atoms with van der Waals surface area (Å²) in [7, 11) is 0. The minimum absolute atomic E-state index is 0.288. The van der Waals surface area contributed by atoms with Crippen LogP contribution in [0.2, 0.25) is 5.02 Å². The van der Waals surface area contributed by atoms with Crippen molar-refractivity contribution in [3.63, 3.8) is 0 Å². The summed E-state index contributed by atoms with van der Waals surface area (Å²) in [6.07, 6.45) is -1.62. The number of aliphatic hydroxyl groups excluding tert-OH is 1. The zero-order valence-corrected chi connectivity index (χ0v) is 10.8. The molecule has 0 aliphatic carbocycles. The van der Waals surface area contributed by atoms with Gasteiger partial charge in [0.2, 0.25) is 0 Å². The maximum absolute atomic E-state index is 11.5. The second-order valence-corrected chi connectivity index (χ2v) is 4.45. The fourth-order valence-corrected chi connectivity index (χ4v) is 1.44. The number of rotatable bonds is 4. The van der Waals surface area contributed by atoms with E-state index in [1.807, 2.05) is 0 Å². The first kappa shape index (κ1) is 14.0. The number of hydrogen-bond donors (Lipinski definition) is 3. The lowest BCUT2D eigenvalue weighted by atomic mass is 10.2. The monoisotopic (exact) mass is 321 g/mol. The Labute approximate surface area is 111 Å². The number of amides is 1. The third kappa shape index (κ3) is 3.99. The number of hydrogen-bond acceptors (Lipinski definition) is 3. The van der Waals surface area contributed by atoms with Gasteiger partial charge in [0.15, 0.2) is 6.10 Å². The average Bonchev–Trinajstić information content (AvgIpc) is 2.28. The van der Waals surface area contributed by atoms with Gasteiger partial charge in [-0.25, -0.2) is 4.79 Å². The van der Waals surface area contributed by atoms with Gasteiger partial charge in [0, 0.05) is 10.0 Å². The Kier molecular flexibility index (Phi) is 4.92. The molecular weight excluding hydrogens is 313 g/mol. The molecule has 92 valence electrons. The lowest BCUT2D eigenvalue weighted by Crippen LogP contribution is -2.36. The third-order valence-corrected chi connectivity index (χ3v) is 3.16. The van der Waals surface area contributed by atoms with Crippen molar-refractivity contribution in [1.82, 2.24) is 5.32 Å². The molecule has 1 aromatic carbocycles. The Morgan fingerprint density at radius 2 is 2.12 bits per heavy atom. The molecule has 0 aliphatic heterocycles. The molecule has 7 heteroatoms. The van der Waals surface area contributed by atoms with Crippen LogP contribution in [0.25, 0.3) is 0 Å². The SMILES string of the molecule is O=C(NCC(O)C(=O)O)c1ccc(Br)c(Cl)c1. The fourth-order valence-electron chi connectivity index (χ4n) is 1.02. The minimum Gasteiger partial charge on any atom is -0.479 e. The maximum atomic E-state index is 11.5. The van der Waals surface area contributed by atoms with Crippen molar-refractivity contribution < 1.29 is 19.8 Å². The van der Waals surface area contributed by atoms with Crippen molar-refractivity contribution in [3.8, 4) is 0 Å². The molecule has 0 aromatic heterocycles. The summed E-state index contributed by atoms with van der Waals surface area (Å²) in [5.41, 5.74) is 0.288. The molecule has 0 aliphatic rings.